The Bertz CT molecular complexity index is 410. The first-order chi connectivity index (χ1) is 8.60. The molecular weight excluding hydrogens is 228 g/mol. The van der Waals surface area contributed by atoms with E-state index in [4.69, 9.17) is 0 Å². The van der Waals surface area contributed by atoms with E-state index in [1.807, 2.05) is 20.0 Å². The van der Waals surface area contributed by atoms with Crippen LogP contribution in [0.1, 0.15) is 25.6 Å². The van der Waals surface area contributed by atoms with E-state index in [0.29, 0.717) is 6.54 Å². The summed E-state index contributed by atoms with van der Waals surface area (Å²) in [7, 11) is 2.05. The van der Waals surface area contributed by atoms with Gasteiger partial charge in [0, 0.05) is 32.7 Å². The normalized spacial score (nSPS) is 19.3. The first kappa shape index (κ1) is 13.1. The summed E-state index contributed by atoms with van der Waals surface area (Å²) in [5.41, 5.74) is 0. The van der Waals surface area contributed by atoms with Crippen LogP contribution in [0, 0.1) is 6.92 Å². The Morgan fingerprint density at radius 3 is 2.89 bits per heavy atom. The molecule has 0 aliphatic carbocycles. The van der Waals surface area contributed by atoms with Crippen LogP contribution in [0.25, 0.3) is 0 Å². The second-order valence-electron chi connectivity index (χ2n) is 4.94. The van der Waals surface area contributed by atoms with Gasteiger partial charge >= 0.3 is 0 Å². The van der Waals surface area contributed by atoms with Gasteiger partial charge in [0.1, 0.15) is 17.5 Å². The van der Waals surface area contributed by atoms with Gasteiger partial charge in [-0.25, -0.2) is 9.97 Å². The van der Waals surface area contributed by atoms with Gasteiger partial charge in [-0.2, -0.15) is 0 Å². The molecular formula is C13H22N4O. The average molecular weight is 250 g/mol. The molecule has 1 saturated heterocycles. The van der Waals surface area contributed by atoms with Crippen LogP contribution in [0.2, 0.25) is 0 Å². The third-order valence-electron chi connectivity index (χ3n) is 3.25. The van der Waals surface area contributed by atoms with E-state index in [9.17, 15) is 5.11 Å². The molecule has 18 heavy (non-hydrogen) atoms. The standard InChI is InChI=1S/C13H22N4O/c1-4-6-16(3)12-8-13(15-10(2)14-12)17-7-5-11(18)9-17/h8,11,18H,4-7,9H2,1-3H3. The molecule has 2 heterocycles. The molecule has 100 valence electrons. The summed E-state index contributed by atoms with van der Waals surface area (Å²) in [6, 6.07) is 2.01. The molecule has 1 atom stereocenters. The maximum absolute atomic E-state index is 9.60. The van der Waals surface area contributed by atoms with Crippen molar-refractivity contribution < 1.29 is 5.11 Å². The number of β-amino-alcohol motifs (C(OH)–C–C–N with tert-alkyl or cyclic N) is 1. The van der Waals surface area contributed by atoms with E-state index in [0.717, 1.165) is 43.4 Å². The van der Waals surface area contributed by atoms with Crippen molar-refractivity contribution in [2.24, 2.45) is 0 Å². The summed E-state index contributed by atoms with van der Waals surface area (Å²) in [4.78, 5) is 13.2. The number of aryl methyl sites for hydroxylation is 1. The highest BCUT2D eigenvalue weighted by Gasteiger charge is 2.22. The van der Waals surface area contributed by atoms with Crippen molar-refractivity contribution in [2.75, 3.05) is 36.5 Å². The molecule has 1 fully saturated rings. The Hall–Kier alpha value is -1.36. The van der Waals surface area contributed by atoms with Crippen molar-refractivity contribution >= 4 is 11.6 Å². The molecule has 2 rings (SSSR count). The second kappa shape index (κ2) is 5.52. The minimum atomic E-state index is -0.225. The molecule has 0 radical (unpaired) electrons. The minimum absolute atomic E-state index is 0.225. The van der Waals surface area contributed by atoms with Crippen LogP contribution >= 0.6 is 0 Å². The minimum Gasteiger partial charge on any atom is -0.391 e. The number of rotatable bonds is 4. The number of hydrogen-bond acceptors (Lipinski definition) is 5. The van der Waals surface area contributed by atoms with Gasteiger partial charge in [-0.3, -0.25) is 0 Å². The van der Waals surface area contributed by atoms with Gasteiger partial charge in [0.2, 0.25) is 0 Å². The van der Waals surface area contributed by atoms with Gasteiger partial charge in [-0.15, -0.1) is 0 Å². The Labute approximate surface area is 108 Å². The highest BCUT2D eigenvalue weighted by atomic mass is 16.3. The third kappa shape index (κ3) is 2.90. The molecule has 5 nitrogen and oxygen atoms in total. The lowest BCUT2D eigenvalue weighted by atomic mass is 10.3. The summed E-state index contributed by atoms with van der Waals surface area (Å²) in [5.74, 6) is 2.67. The van der Waals surface area contributed by atoms with Crippen LogP contribution in [-0.4, -0.2) is 47.9 Å². The van der Waals surface area contributed by atoms with E-state index in [1.165, 1.54) is 0 Å². The SMILES string of the molecule is CCCN(C)c1cc(N2CCC(O)C2)nc(C)n1. The quantitative estimate of drug-likeness (QED) is 0.870. The molecule has 1 aliphatic heterocycles. The van der Waals surface area contributed by atoms with E-state index in [-0.39, 0.29) is 6.10 Å². The topological polar surface area (TPSA) is 52.5 Å². The summed E-state index contributed by atoms with van der Waals surface area (Å²) >= 11 is 0. The number of aliphatic hydroxyl groups is 1. The van der Waals surface area contributed by atoms with Crippen molar-refractivity contribution in [3.05, 3.63) is 11.9 Å². The molecule has 0 amide bonds. The van der Waals surface area contributed by atoms with Crippen LogP contribution in [0.15, 0.2) is 6.07 Å². The van der Waals surface area contributed by atoms with Gasteiger partial charge in [0.25, 0.3) is 0 Å². The van der Waals surface area contributed by atoms with Crippen molar-refractivity contribution in [1.82, 2.24) is 9.97 Å². The average Bonchev–Trinajstić information content (AvgIpc) is 2.75. The second-order valence-corrected chi connectivity index (χ2v) is 4.94. The third-order valence-corrected chi connectivity index (χ3v) is 3.25. The monoisotopic (exact) mass is 250 g/mol. The molecule has 1 N–H and O–H groups in total. The zero-order chi connectivity index (χ0) is 13.1. The van der Waals surface area contributed by atoms with E-state index in [1.54, 1.807) is 0 Å². The number of nitrogens with zero attached hydrogens (tertiary/aromatic N) is 4. The van der Waals surface area contributed by atoms with Crippen LogP contribution in [-0.2, 0) is 0 Å². The highest BCUT2D eigenvalue weighted by Crippen LogP contribution is 2.22. The lowest BCUT2D eigenvalue weighted by molar-refractivity contribution is 0.198. The lowest BCUT2D eigenvalue weighted by Crippen LogP contribution is -2.24. The fourth-order valence-electron chi connectivity index (χ4n) is 2.29. The van der Waals surface area contributed by atoms with Crippen LogP contribution in [0.4, 0.5) is 11.6 Å². The van der Waals surface area contributed by atoms with Crippen molar-refractivity contribution in [2.45, 2.75) is 32.8 Å². The smallest absolute Gasteiger partial charge is 0.134 e. The molecule has 1 unspecified atom stereocenters. The summed E-state index contributed by atoms with van der Waals surface area (Å²) in [6.07, 6.45) is 1.69. The van der Waals surface area contributed by atoms with Crippen LogP contribution in [0.3, 0.4) is 0 Å². The Kier molecular flexibility index (Phi) is 4.01. The number of aliphatic hydroxyl groups excluding tert-OH is 1. The predicted molar refractivity (Wildman–Crippen MR) is 73.2 cm³/mol. The number of anilines is 2. The Morgan fingerprint density at radius 1 is 1.50 bits per heavy atom. The van der Waals surface area contributed by atoms with E-state index in [2.05, 4.69) is 26.7 Å². The summed E-state index contributed by atoms with van der Waals surface area (Å²) < 4.78 is 0. The van der Waals surface area contributed by atoms with E-state index < -0.39 is 0 Å². The molecule has 1 aromatic heterocycles. The first-order valence-electron chi connectivity index (χ1n) is 6.60. The molecule has 0 aromatic carbocycles. The lowest BCUT2D eigenvalue weighted by Gasteiger charge is -2.21. The maximum atomic E-state index is 9.60. The molecule has 1 aliphatic rings. The molecule has 1 aromatic rings. The Morgan fingerprint density at radius 2 is 2.28 bits per heavy atom. The molecule has 0 spiro atoms. The number of aromatic nitrogens is 2. The predicted octanol–water partition coefficient (Wildman–Crippen LogP) is 1.20. The van der Waals surface area contributed by atoms with Gasteiger partial charge in [0.15, 0.2) is 0 Å². The first-order valence-corrected chi connectivity index (χ1v) is 6.60. The van der Waals surface area contributed by atoms with Gasteiger partial charge in [-0.1, -0.05) is 6.92 Å². The van der Waals surface area contributed by atoms with Gasteiger partial charge in [-0.05, 0) is 19.8 Å². The summed E-state index contributed by atoms with van der Waals surface area (Å²) in [5, 5.41) is 9.60. The zero-order valence-electron chi connectivity index (χ0n) is 11.4. The van der Waals surface area contributed by atoms with E-state index >= 15 is 0 Å². The van der Waals surface area contributed by atoms with Gasteiger partial charge in [0.05, 0.1) is 6.10 Å². The van der Waals surface area contributed by atoms with Crippen molar-refractivity contribution in [1.29, 1.82) is 0 Å². The fraction of sp³-hybridized carbons (Fsp3) is 0.692. The largest absolute Gasteiger partial charge is 0.391 e. The van der Waals surface area contributed by atoms with Gasteiger partial charge < -0.3 is 14.9 Å². The van der Waals surface area contributed by atoms with Crippen molar-refractivity contribution in [3.8, 4) is 0 Å². The van der Waals surface area contributed by atoms with Crippen LogP contribution < -0.4 is 9.80 Å². The molecule has 0 bridgehead atoms. The molecule has 0 saturated carbocycles. The highest BCUT2D eigenvalue weighted by molar-refractivity contribution is 5.51. The fourth-order valence-corrected chi connectivity index (χ4v) is 2.29. The van der Waals surface area contributed by atoms with Crippen molar-refractivity contribution in [3.63, 3.8) is 0 Å². The number of hydrogen-bond donors (Lipinski definition) is 1. The summed E-state index contributed by atoms with van der Waals surface area (Å²) in [6.45, 7) is 6.60. The zero-order valence-corrected chi connectivity index (χ0v) is 11.4. The van der Waals surface area contributed by atoms with Crippen LogP contribution in [0.5, 0.6) is 0 Å². The maximum Gasteiger partial charge on any atom is 0.134 e. The molecule has 5 heteroatoms. The Balaban J connectivity index is 2.21.